The number of rotatable bonds is 4. The van der Waals surface area contributed by atoms with Crippen molar-refractivity contribution in [2.75, 3.05) is 11.9 Å². The molecule has 0 radical (unpaired) electrons. The number of carbonyl (C=O) groups is 2. The zero-order valence-corrected chi connectivity index (χ0v) is 7.72. The summed E-state index contributed by atoms with van der Waals surface area (Å²) in [6.45, 7) is 1.25. The molecule has 70 valence electrons. The number of nitrogens with one attached hydrogen (secondary N) is 1. The third-order valence-corrected chi connectivity index (χ3v) is 2.30. The Morgan fingerprint density at radius 1 is 1.69 bits per heavy atom. The van der Waals surface area contributed by atoms with E-state index in [4.69, 9.17) is 5.11 Å². The van der Waals surface area contributed by atoms with Crippen LogP contribution < -0.4 is 5.32 Å². The molecule has 0 unspecified atom stereocenters. The fraction of sp³-hybridized carbons (Fsp3) is 0.286. The van der Waals surface area contributed by atoms with Gasteiger partial charge in [-0.25, -0.2) is 4.98 Å². The van der Waals surface area contributed by atoms with E-state index in [0.717, 1.165) is 11.3 Å². The number of carboxylic acid groups (broad SMARTS) is 1. The molecule has 1 aromatic rings. The quantitative estimate of drug-likeness (QED) is 0.704. The number of carbonyl (C=O) groups excluding carboxylic acids is 1. The molecule has 1 heterocycles. The van der Waals surface area contributed by atoms with Crippen molar-refractivity contribution in [3.8, 4) is 0 Å². The molecule has 0 atom stereocenters. The van der Waals surface area contributed by atoms with Gasteiger partial charge in [-0.2, -0.15) is 0 Å². The summed E-state index contributed by atoms with van der Waals surface area (Å²) in [5.74, 6) is -1.03. The van der Waals surface area contributed by atoms with Gasteiger partial charge in [-0.1, -0.05) is 11.3 Å². The van der Waals surface area contributed by atoms with E-state index < -0.39 is 5.97 Å². The maximum atomic E-state index is 10.8. The number of ketones is 1. The highest BCUT2D eigenvalue weighted by atomic mass is 32.1. The van der Waals surface area contributed by atoms with Crippen molar-refractivity contribution in [2.24, 2.45) is 0 Å². The number of carboxylic acids is 1. The van der Waals surface area contributed by atoms with Crippen LogP contribution in [-0.4, -0.2) is 28.4 Å². The SMILES string of the molecule is CC(=O)c1cnc(NCC(=O)O)s1. The minimum Gasteiger partial charge on any atom is -0.480 e. The van der Waals surface area contributed by atoms with Gasteiger partial charge in [0.2, 0.25) is 0 Å². The average molecular weight is 200 g/mol. The molecule has 5 nitrogen and oxygen atoms in total. The molecule has 0 aromatic carbocycles. The molecule has 0 amide bonds. The summed E-state index contributed by atoms with van der Waals surface area (Å²) < 4.78 is 0. The summed E-state index contributed by atoms with van der Waals surface area (Å²) in [6.07, 6.45) is 1.43. The third-order valence-electron chi connectivity index (χ3n) is 1.24. The smallest absolute Gasteiger partial charge is 0.322 e. The van der Waals surface area contributed by atoms with Crippen LogP contribution in [0.4, 0.5) is 5.13 Å². The molecular weight excluding hydrogens is 192 g/mol. The molecule has 0 bridgehead atoms. The highest BCUT2D eigenvalue weighted by molar-refractivity contribution is 7.17. The predicted octanol–water partition coefficient (Wildman–Crippen LogP) is 0.842. The van der Waals surface area contributed by atoms with Crippen molar-refractivity contribution in [1.29, 1.82) is 0 Å². The lowest BCUT2D eigenvalue weighted by Crippen LogP contribution is -2.11. The molecule has 0 fully saturated rings. The van der Waals surface area contributed by atoms with Crippen molar-refractivity contribution in [2.45, 2.75) is 6.92 Å². The summed E-state index contributed by atoms with van der Waals surface area (Å²) in [6, 6.07) is 0. The lowest BCUT2D eigenvalue weighted by Gasteiger charge is -1.94. The number of hydrogen-bond acceptors (Lipinski definition) is 5. The van der Waals surface area contributed by atoms with Crippen LogP contribution in [-0.2, 0) is 4.79 Å². The molecule has 0 aliphatic heterocycles. The fourth-order valence-corrected chi connectivity index (χ4v) is 1.38. The maximum Gasteiger partial charge on any atom is 0.322 e. The van der Waals surface area contributed by atoms with Crippen LogP contribution in [0, 0.1) is 0 Å². The van der Waals surface area contributed by atoms with Gasteiger partial charge < -0.3 is 10.4 Å². The number of aromatic nitrogens is 1. The van der Waals surface area contributed by atoms with Crippen molar-refractivity contribution in [3.63, 3.8) is 0 Å². The first kappa shape index (κ1) is 9.66. The van der Waals surface area contributed by atoms with Crippen LogP contribution in [0.2, 0.25) is 0 Å². The van der Waals surface area contributed by atoms with E-state index in [9.17, 15) is 9.59 Å². The Bertz CT molecular complexity index is 334. The highest BCUT2D eigenvalue weighted by Gasteiger charge is 2.05. The first-order valence-corrected chi connectivity index (χ1v) is 4.33. The molecule has 0 aliphatic rings. The Morgan fingerprint density at radius 2 is 2.38 bits per heavy atom. The number of hydrogen-bond donors (Lipinski definition) is 2. The molecule has 13 heavy (non-hydrogen) atoms. The summed E-state index contributed by atoms with van der Waals surface area (Å²) in [4.78, 5) is 25.3. The van der Waals surface area contributed by atoms with E-state index in [-0.39, 0.29) is 12.3 Å². The van der Waals surface area contributed by atoms with E-state index >= 15 is 0 Å². The second-order valence-electron chi connectivity index (χ2n) is 2.33. The predicted molar refractivity (Wildman–Crippen MR) is 48.2 cm³/mol. The maximum absolute atomic E-state index is 10.8. The van der Waals surface area contributed by atoms with Gasteiger partial charge in [0, 0.05) is 6.92 Å². The largest absolute Gasteiger partial charge is 0.480 e. The molecule has 6 heteroatoms. The summed E-state index contributed by atoms with van der Waals surface area (Å²) in [5.41, 5.74) is 0. The van der Waals surface area contributed by atoms with Crippen LogP contribution >= 0.6 is 11.3 Å². The van der Waals surface area contributed by atoms with E-state index in [1.165, 1.54) is 13.1 Å². The fourth-order valence-electron chi connectivity index (χ4n) is 0.670. The molecule has 2 N–H and O–H groups in total. The van der Waals surface area contributed by atoms with Crippen LogP contribution in [0.15, 0.2) is 6.20 Å². The zero-order chi connectivity index (χ0) is 9.84. The van der Waals surface area contributed by atoms with Gasteiger partial charge in [0.1, 0.15) is 6.54 Å². The monoisotopic (exact) mass is 200 g/mol. The first-order chi connectivity index (χ1) is 6.09. The van der Waals surface area contributed by atoms with Gasteiger partial charge in [-0.15, -0.1) is 0 Å². The van der Waals surface area contributed by atoms with Crippen molar-refractivity contribution in [1.82, 2.24) is 4.98 Å². The van der Waals surface area contributed by atoms with E-state index in [2.05, 4.69) is 10.3 Å². The standard InChI is InChI=1S/C7H8N2O3S/c1-4(10)5-2-8-7(13-5)9-3-6(11)12/h2H,3H2,1H3,(H,8,9)(H,11,12). The van der Waals surface area contributed by atoms with Gasteiger partial charge in [-0.3, -0.25) is 9.59 Å². The molecule has 0 saturated carbocycles. The van der Waals surface area contributed by atoms with Crippen LogP contribution in [0.3, 0.4) is 0 Å². The molecule has 0 spiro atoms. The average Bonchev–Trinajstić information content (AvgIpc) is 2.48. The second-order valence-corrected chi connectivity index (χ2v) is 3.36. The first-order valence-electron chi connectivity index (χ1n) is 3.52. The Kier molecular flexibility index (Phi) is 2.97. The molecular formula is C7H8N2O3S. The molecule has 0 aliphatic carbocycles. The third kappa shape index (κ3) is 2.83. The van der Waals surface area contributed by atoms with E-state index in [0.29, 0.717) is 10.0 Å². The number of Topliss-reactive ketones (excluding diaryl/α,β-unsaturated/α-hetero) is 1. The zero-order valence-electron chi connectivity index (χ0n) is 6.90. The number of nitrogens with zero attached hydrogens (tertiary/aromatic N) is 1. The van der Waals surface area contributed by atoms with Gasteiger partial charge in [0.25, 0.3) is 0 Å². The minimum atomic E-state index is -0.959. The summed E-state index contributed by atoms with van der Waals surface area (Å²) in [7, 11) is 0. The van der Waals surface area contributed by atoms with Crippen LogP contribution in [0.1, 0.15) is 16.6 Å². The van der Waals surface area contributed by atoms with Gasteiger partial charge in [-0.05, 0) is 0 Å². The molecule has 0 saturated heterocycles. The van der Waals surface area contributed by atoms with Gasteiger partial charge in [0.15, 0.2) is 10.9 Å². The molecule has 1 rings (SSSR count). The normalized spacial score (nSPS) is 9.62. The van der Waals surface area contributed by atoms with Gasteiger partial charge in [0.05, 0.1) is 11.1 Å². The Labute approximate surface area is 78.4 Å². The Morgan fingerprint density at radius 3 is 2.85 bits per heavy atom. The highest BCUT2D eigenvalue weighted by Crippen LogP contribution is 2.17. The lowest BCUT2D eigenvalue weighted by atomic mass is 10.4. The topological polar surface area (TPSA) is 79.3 Å². The molecule has 1 aromatic heterocycles. The Hall–Kier alpha value is -1.43. The van der Waals surface area contributed by atoms with Crippen LogP contribution in [0.5, 0.6) is 0 Å². The number of aliphatic carboxylic acids is 1. The van der Waals surface area contributed by atoms with Crippen molar-refractivity contribution >= 4 is 28.2 Å². The van der Waals surface area contributed by atoms with E-state index in [1.807, 2.05) is 0 Å². The Balaban J connectivity index is 2.59. The number of thiazole rings is 1. The second kappa shape index (κ2) is 3.99. The van der Waals surface area contributed by atoms with Gasteiger partial charge >= 0.3 is 5.97 Å². The minimum absolute atomic E-state index is 0.0686. The van der Waals surface area contributed by atoms with Crippen molar-refractivity contribution < 1.29 is 14.7 Å². The number of anilines is 1. The summed E-state index contributed by atoms with van der Waals surface area (Å²) in [5, 5.41) is 11.4. The lowest BCUT2D eigenvalue weighted by molar-refractivity contribution is -0.134. The van der Waals surface area contributed by atoms with Crippen LogP contribution in [0.25, 0.3) is 0 Å². The van der Waals surface area contributed by atoms with E-state index in [1.54, 1.807) is 0 Å². The van der Waals surface area contributed by atoms with Crippen molar-refractivity contribution in [3.05, 3.63) is 11.1 Å². The summed E-state index contributed by atoms with van der Waals surface area (Å²) >= 11 is 1.15.